The first kappa shape index (κ1) is 15.4. The van der Waals surface area contributed by atoms with Gasteiger partial charge in [-0.15, -0.1) is 0 Å². The minimum atomic E-state index is 0.258. The van der Waals surface area contributed by atoms with Crippen molar-refractivity contribution in [1.82, 2.24) is 5.32 Å². The summed E-state index contributed by atoms with van der Waals surface area (Å²) in [4.78, 5) is 0. The number of rotatable bonds is 7. The molecule has 1 atom stereocenters. The van der Waals surface area contributed by atoms with Gasteiger partial charge in [-0.3, -0.25) is 0 Å². The molecule has 1 aliphatic heterocycles. The van der Waals surface area contributed by atoms with E-state index in [-0.39, 0.29) is 6.04 Å². The van der Waals surface area contributed by atoms with Crippen LogP contribution in [0, 0.1) is 5.92 Å². The molecule has 0 amide bonds. The van der Waals surface area contributed by atoms with E-state index in [9.17, 15) is 0 Å². The lowest BCUT2D eigenvalue weighted by Crippen LogP contribution is -2.28. The quantitative estimate of drug-likeness (QED) is 0.759. The fraction of sp³-hybridized carbons (Fsp3) is 0.625. The fourth-order valence-electron chi connectivity index (χ4n) is 2.62. The van der Waals surface area contributed by atoms with Crippen molar-refractivity contribution in [3.8, 4) is 5.75 Å². The van der Waals surface area contributed by atoms with Crippen molar-refractivity contribution in [1.29, 1.82) is 0 Å². The molecule has 5 heteroatoms. The molecule has 1 aromatic rings. The Hall–Kier alpha value is -0.480. The second kappa shape index (κ2) is 7.19. The van der Waals surface area contributed by atoms with Gasteiger partial charge in [-0.1, -0.05) is 23.2 Å². The molecule has 1 heterocycles. The molecule has 21 heavy (non-hydrogen) atoms. The molecule has 0 saturated heterocycles. The van der Waals surface area contributed by atoms with Crippen LogP contribution in [0.25, 0.3) is 0 Å². The van der Waals surface area contributed by atoms with Crippen molar-refractivity contribution in [3.05, 3.63) is 27.7 Å². The summed E-state index contributed by atoms with van der Waals surface area (Å²) in [6, 6.07) is 3.94. The van der Waals surface area contributed by atoms with Crippen LogP contribution in [0.5, 0.6) is 5.75 Å². The molecule has 1 fully saturated rings. The minimum Gasteiger partial charge on any atom is -0.492 e. The molecular weight excluding hydrogens is 309 g/mol. The van der Waals surface area contributed by atoms with Crippen LogP contribution in [0.15, 0.2) is 12.1 Å². The van der Waals surface area contributed by atoms with Gasteiger partial charge in [0.15, 0.2) is 0 Å². The van der Waals surface area contributed by atoms with Crippen LogP contribution in [0.1, 0.15) is 37.3 Å². The lowest BCUT2D eigenvalue weighted by Gasteiger charge is -2.27. The molecule has 0 spiro atoms. The van der Waals surface area contributed by atoms with E-state index in [4.69, 9.17) is 32.7 Å². The third-order valence-electron chi connectivity index (χ3n) is 3.97. The molecule has 0 aromatic heterocycles. The SMILES string of the molecule is Clc1cc(Cl)c2c(c1)C(NCCCOCC1CC1)CCO2. The van der Waals surface area contributed by atoms with Crippen molar-refractivity contribution >= 4 is 23.2 Å². The van der Waals surface area contributed by atoms with Gasteiger partial charge in [-0.05, 0) is 43.9 Å². The number of ether oxygens (including phenoxy) is 2. The number of hydrogen-bond donors (Lipinski definition) is 1. The van der Waals surface area contributed by atoms with Gasteiger partial charge in [0.05, 0.1) is 11.6 Å². The zero-order valence-corrected chi connectivity index (χ0v) is 13.6. The standard InChI is InChI=1S/C16H21Cl2NO2/c17-12-8-13-15(4-7-21-16(13)14(18)9-12)19-5-1-6-20-10-11-2-3-11/h8-9,11,15,19H,1-7,10H2. The highest BCUT2D eigenvalue weighted by atomic mass is 35.5. The normalized spacial score (nSPS) is 21.0. The minimum absolute atomic E-state index is 0.258. The second-order valence-electron chi connectivity index (χ2n) is 5.82. The average Bonchev–Trinajstić information content (AvgIpc) is 3.27. The van der Waals surface area contributed by atoms with E-state index in [1.54, 1.807) is 6.07 Å². The van der Waals surface area contributed by atoms with Gasteiger partial charge >= 0.3 is 0 Å². The highest BCUT2D eigenvalue weighted by Crippen LogP contribution is 2.39. The maximum absolute atomic E-state index is 6.19. The average molecular weight is 330 g/mol. The molecule has 1 N–H and O–H groups in total. The lowest BCUT2D eigenvalue weighted by molar-refractivity contribution is 0.121. The highest BCUT2D eigenvalue weighted by molar-refractivity contribution is 6.35. The third kappa shape index (κ3) is 4.26. The van der Waals surface area contributed by atoms with Crippen LogP contribution < -0.4 is 10.1 Å². The van der Waals surface area contributed by atoms with E-state index in [2.05, 4.69) is 5.32 Å². The number of hydrogen-bond acceptors (Lipinski definition) is 3. The van der Waals surface area contributed by atoms with Gasteiger partial charge in [-0.2, -0.15) is 0 Å². The Morgan fingerprint density at radius 1 is 1.24 bits per heavy atom. The predicted octanol–water partition coefficient (Wildman–Crippen LogP) is 4.22. The molecule has 0 bridgehead atoms. The molecule has 1 unspecified atom stereocenters. The van der Waals surface area contributed by atoms with Crippen LogP contribution in [0.4, 0.5) is 0 Å². The first-order chi connectivity index (χ1) is 10.2. The van der Waals surface area contributed by atoms with E-state index < -0.39 is 0 Å². The van der Waals surface area contributed by atoms with Crippen LogP contribution in [-0.2, 0) is 4.74 Å². The van der Waals surface area contributed by atoms with Gasteiger partial charge in [0.1, 0.15) is 5.75 Å². The summed E-state index contributed by atoms with van der Waals surface area (Å²) in [7, 11) is 0. The summed E-state index contributed by atoms with van der Waals surface area (Å²) in [6.45, 7) is 3.38. The summed E-state index contributed by atoms with van der Waals surface area (Å²) in [5.41, 5.74) is 1.07. The Bertz CT molecular complexity index is 491. The predicted molar refractivity (Wildman–Crippen MR) is 85.5 cm³/mol. The number of fused-ring (bicyclic) bond motifs is 1. The molecule has 1 saturated carbocycles. The Balaban J connectivity index is 1.48. The van der Waals surface area contributed by atoms with Gasteiger partial charge in [0.2, 0.25) is 0 Å². The Morgan fingerprint density at radius 2 is 2.10 bits per heavy atom. The van der Waals surface area contributed by atoms with E-state index in [0.717, 1.165) is 49.8 Å². The molecular formula is C16H21Cl2NO2. The molecule has 0 radical (unpaired) electrons. The van der Waals surface area contributed by atoms with Crippen molar-refractivity contribution in [3.63, 3.8) is 0 Å². The van der Waals surface area contributed by atoms with Crippen LogP contribution >= 0.6 is 23.2 Å². The Labute approximate surface area is 135 Å². The second-order valence-corrected chi connectivity index (χ2v) is 6.67. The van der Waals surface area contributed by atoms with Gasteiger partial charge < -0.3 is 14.8 Å². The molecule has 1 aromatic carbocycles. The van der Waals surface area contributed by atoms with E-state index in [1.165, 1.54) is 12.8 Å². The van der Waals surface area contributed by atoms with Gasteiger partial charge in [0, 0.05) is 36.3 Å². The number of halogens is 2. The first-order valence-corrected chi connectivity index (χ1v) is 8.42. The lowest BCUT2D eigenvalue weighted by atomic mass is 10.0. The Kier molecular flexibility index (Phi) is 5.28. The Morgan fingerprint density at radius 3 is 2.90 bits per heavy atom. The van der Waals surface area contributed by atoms with Crippen molar-refractivity contribution in [2.24, 2.45) is 5.92 Å². The van der Waals surface area contributed by atoms with Crippen LogP contribution in [0.3, 0.4) is 0 Å². The van der Waals surface area contributed by atoms with E-state index >= 15 is 0 Å². The maximum Gasteiger partial charge on any atom is 0.142 e. The monoisotopic (exact) mass is 329 g/mol. The zero-order chi connectivity index (χ0) is 14.7. The molecule has 2 aliphatic rings. The molecule has 1 aliphatic carbocycles. The molecule has 3 rings (SSSR count). The number of nitrogens with one attached hydrogen (secondary N) is 1. The maximum atomic E-state index is 6.19. The number of benzene rings is 1. The van der Waals surface area contributed by atoms with E-state index in [0.29, 0.717) is 16.7 Å². The van der Waals surface area contributed by atoms with Gasteiger partial charge in [0.25, 0.3) is 0 Å². The highest BCUT2D eigenvalue weighted by Gasteiger charge is 2.24. The summed E-state index contributed by atoms with van der Waals surface area (Å²) < 4.78 is 11.3. The van der Waals surface area contributed by atoms with Crippen molar-refractivity contribution in [2.45, 2.75) is 31.7 Å². The zero-order valence-electron chi connectivity index (χ0n) is 12.0. The third-order valence-corrected chi connectivity index (χ3v) is 4.47. The van der Waals surface area contributed by atoms with Crippen molar-refractivity contribution < 1.29 is 9.47 Å². The molecule has 3 nitrogen and oxygen atoms in total. The topological polar surface area (TPSA) is 30.5 Å². The summed E-state index contributed by atoms with van der Waals surface area (Å²) >= 11 is 12.3. The molecule has 116 valence electrons. The fourth-order valence-corrected chi connectivity index (χ4v) is 3.19. The summed E-state index contributed by atoms with van der Waals surface area (Å²) in [5, 5.41) is 4.81. The van der Waals surface area contributed by atoms with Crippen molar-refractivity contribution in [2.75, 3.05) is 26.4 Å². The first-order valence-electron chi connectivity index (χ1n) is 7.67. The largest absolute Gasteiger partial charge is 0.492 e. The summed E-state index contributed by atoms with van der Waals surface area (Å²) in [6.07, 6.45) is 4.65. The van der Waals surface area contributed by atoms with Gasteiger partial charge in [-0.25, -0.2) is 0 Å². The van der Waals surface area contributed by atoms with Crippen LogP contribution in [-0.4, -0.2) is 26.4 Å². The summed E-state index contributed by atoms with van der Waals surface area (Å²) in [5.74, 6) is 1.61. The van der Waals surface area contributed by atoms with E-state index in [1.807, 2.05) is 6.07 Å². The van der Waals surface area contributed by atoms with Crippen LogP contribution in [0.2, 0.25) is 10.0 Å². The smallest absolute Gasteiger partial charge is 0.142 e.